The van der Waals surface area contributed by atoms with Crippen LogP contribution in [0.4, 0.5) is 0 Å². The van der Waals surface area contributed by atoms with Gasteiger partial charge < -0.3 is 9.15 Å². The van der Waals surface area contributed by atoms with Gasteiger partial charge in [-0.05, 0) is 48.9 Å². The van der Waals surface area contributed by atoms with E-state index in [0.717, 1.165) is 33.3 Å². The zero-order valence-corrected chi connectivity index (χ0v) is 16.8. The number of hydrogen-bond acceptors (Lipinski definition) is 6. The van der Waals surface area contributed by atoms with Crippen LogP contribution in [-0.4, -0.2) is 26.7 Å². The number of oxazole rings is 1. The second-order valence-electron chi connectivity index (χ2n) is 6.68. The fourth-order valence-corrected chi connectivity index (χ4v) is 4.18. The Morgan fingerprint density at radius 1 is 1.07 bits per heavy atom. The Bertz CT molecular complexity index is 1310. The molecular formula is C22H18N4O2S. The van der Waals surface area contributed by atoms with E-state index in [2.05, 4.69) is 50.8 Å². The summed E-state index contributed by atoms with van der Waals surface area (Å²) in [5.41, 5.74) is 4.92. The average Bonchev–Trinajstić information content (AvgIpc) is 3.40. The van der Waals surface area contributed by atoms with Crippen molar-refractivity contribution in [2.75, 3.05) is 7.11 Å². The van der Waals surface area contributed by atoms with Gasteiger partial charge in [-0.1, -0.05) is 30.0 Å². The molecule has 0 saturated carbocycles. The van der Waals surface area contributed by atoms with Crippen molar-refractivity contribution < 1.29 is 9.15 Å². The van der Waals surface area contributed by atoms with Crippen molar-refractivity contribution in [1.29, 1.82) is 0 Å². The van der Waals surface area contributed by atoms with Crippen molar-refractivity contribution in [3.63, 3.8) is 0 Å². The number of methoxy groups -OCH3 is 1. The molecule has 3 heterocycles. The van der Waals surface area contributed by atoms with Crippen LogP contribution in [0.3, 0.4) is 0 Å². The van der Waals surface area contributed by atoms with Crippen molar-refractivity contribution in [1.82, 2.24) is 19.6 Å². The third-order valence-corrected chi connectivity index (χ3v) is 5.77. The van der Waals surface area contributed by atoms with Crippen LogP contribution in [0, 0.1) is 6.92 Å². The van der Waals surface area contributed by atoms with E-state index in [1.807, 2.05) is 30.3 Å². The van der Waals surface area contributed by atoms with Crippen molar-refractivity contribution in [3.05, 3.63) is 72.1 Å². The Labute approximate surface area is 171 Å². The molecule has 2 aromatic carbocycles. The molecule has 0 amide bonds. The Balaban J connectivity index is 1.41. The molecule has 0 radical (unpaired) electrons. The SMILES string of the molecule is COc1ccc(-c2nc(CSc3nnc4cc(C)c5ccccc5n34)co2)cc1. The van der Waals surface area contributed by atoms with E-state index >= 15 is 0 Å². The minimum Gasteiger partial charge on any atom is -0.497 e. The molecule has 0 fully saturated rings. The van der Waals surface area contributed by atoms with Crippen LogP contribution in [0.2, 0.25) is 0 Å². The average molecular weight is 402 g/mol. The van der Waals surface area contributed by atoms with Crippen LogP contribution in [0.5, 0.6) is 5.75 Å². The number of benzene rings is 2. The van der Waals surface area contributed by atoms with Crippen LogP contribution < -0.4 is 4.74 Å². The maximum absolute atomic E-state index is 5.66. The molecule has 5 rings (SSSR count). The molecule has 0 aliphatic heterocycles. The maximum Gasteiger partial charge on any atom is 0.226 e. The summed E-state index contributed by atoms with van der Waals surface area (Å²) in [6.07, 6.45) is 1.69. The molecule has 0 unspecified atom stereocenters. The predicted molar refractivity (Wildman–Crippen MR) is 113 cm³/mol. The summed E-state index contributed by atoms with van der Waals surface area (Å²) in [7, 11) is 1.65. The van der Waals surface area contributed by atoms with Gasteiger partial charge in [0.25, 0.3) is 0 Å². The number of rotatable bonds is 5. The summed E-state index contributed by atoms with van der Waals surface area (Å²) >= 11 is 1.59. The third-order valence-electron chi connectivity index (χ3n) is 4.81. The van der Waals surface area contributed by atoms with Gasteiger partial charge in [-0.25, -0.2) is 4.98 Å². The van der Waals surface area contributed by atoms with Gasteiger partial charge >= 0.3 is 0 Å². The minimum atomic E-state index is 0.593. The predicted octanol–water partition coefficient (Wildman–Crippen LogP) is 5.15. The zero-order valence-electron chi connectivity index (χ0n) is 16.0. The molecular weight excluding hydrogens is 384 g/mol. The molecule has 29 heavy (non-hydrogen) atoms. The lowest BCUT2D eigenvalue weighted by molar-refractivity contribution is 0.415. The molecule has 0 N–H and O–H groups in total. The van der Waals surface area contributed by atoms with Crippen LogP contribution >= 0.6 is 11.8 Å². The van der Waals surface area contributed by atoms with Crippen LogP contribution in [0.25, 0.3) is 28.0 Å². The van der Waals surface area contributed by atoms with Gasteiger partial charge in [0.15, 0.2) is 10.8 Å². The standard InChI is InChI=1S/C22H18N4O2S/c1-14-11-20-24-25-22(26(20)19-6-4-3-5-18(14)19)29-13-16-12-28-21(23-16)15-7-9-17(27-2)10-8-15/h3-12H,13H2,1-2H3. The summed E-state index contributed by atoms with van der Waals surface area (Å²) < 4.78 is 12.9. The van der Waals surface area contributed by atoms with Gasteiger partial charge in [0, 0.05) is 16.7 Å². The molecule has 3 aromatic heterocycles. The molecule has 0 saturated heterocycles. The van der Waals surface area contributed by atoms with Crippen LogP contribution in [-0.2, 0) is 5.75 Å². The Morgan fingerprint density at radius 3 is 2.72 bits per heavy atom. The Kier molecular flexibility index (Phi) is 4.44. The van der Waals surface area contributed by atoms with Crippen molar-refractivity contribution in [2.24, 2.45) is 0 Å². The quantitative estimate of drug-likeness (QED) is 0.379. The van der Waals surface area contributed by atoms with Gasteiger partial charge in [0.05, 0.1) is 18.3 Å². The van der Waals surface area contributed by atoms with Crippen molar-refractivity contribution in [3.8, 4) is 17.2 Å². The number of para-hydroxylation sites is 1. The topological polar surface area (TPSA) is 65.5 Å². The molecule has 7 heteroatoms. The first-order chi connectivity index (χ1) is 14.2. The third kappa shape index (κ3) is 3.23. The van der Waals surface area contributed by atoms with Gasteiger partial charge in [0.2, 0.25) is 5.89 Å². The van der Waals surface area contributed by atoms with E-state index in [1.165, 1.54) is 10.9 Å². The van der Waals surface area contributed by atoms with E-state index < -0.39 is 0 Å². The van der Waals surface area contributed by atoms with Gasteiger partial charge in [0.1, 0.15) is 12.0 Å². The number of ether oxygens (including phenoxy) is 1. The largest absolute Gasteiger partial charge is 0.497 e. The fraction of sp³-hybridized carbons (Fsp3) is 0.136. The van der Waals surface area contributed by atoms with E-state index in [0.29, 0.717) is 11.6 Å². The highest BCUT2D eigenvalue weighted by Crippen LogP contribution is 2.28. The highest BCUT2D eigenvalue weighted by molar-refractivity contribution is 7.98. The van der Waals surface area contributed by atoms with Gasteiger partial charge in [-0.15, -0.1) is 10.2 Å². The molecule has 0 bridgehead atoms. The summed E-state index contributed by atoms with van der Waals surface area (Å²) in [6, 6.07) is 18.0. The molecule has 0 atom stereocenters. The number of pyridine rings is 1. The highest BCUT2D eigenvalue weighted by Gasteiger charge is 2.13. The first kappa shape index (κ1) is 17.8. The van der Waals surface area contributed by atoms with Crippen molar-refractivity contribution >= 4 is 28.3 Å². The second-order valence-corrected chi connectivity index (χ2v) is 7.62. The number of hydrogen-bond donors (Lipinski definition) is 0. The maximum atomic E-state index is 5.66. The van der Waals surface area contributed by atoms with Gasteiger partial charge in [-0.3, -0.25) is 4.40 Å². The normalized spacial score (nSPS) is 11.4. The molecule has 0 aliphatic carbocycles. The fourth-order valence-electron chi connectivity index (χ4n) is 3.35. The molecule has 0 aliphatic rings. The number of fused-ring (bicyclic) bond motifs is 3. The van der Waals surface area contributed by atoms with Gasteiger partial charge in [-0.2, -0.15) is 0 Å². The first-order valence-electron chi connectivity index (χ1n) is 9.18. The monoisotopic (exact) mass is 402 g/mol. The smallest absolute Gasteiger partial charge is 0.226 e. The van der Waals surface area contributed by atoms with Crippen LogP contribution in [0.15, 0.2) is 70.4 Å². The summed E-state index contributed by atoms with van der Waals surface area (Å²) in [4.78, 5) is 4.61. The lowest BCUT2D eigenvalue weighted by Crippen LogP contribution is -1.93. The second kappa shape index (κ2) is 7.25. The minimum absolute atomic E-state index is 0.593. The number of nitrogens with zero attached hydrogens (tertiary/aromatic N) is 4. The van der Waals surface area contributed by atoms with E-state index in [9.17, 15) is 0 Å². The van der Waals surface area contributed by atoms with Crippen LogP contribution in [0.1, 0.15) is 11.3 Å². The first-order valence-corrected chi connectivity index (χ1v) is 10.2. The molecule has 5 aromatic rings. The zero-order chi connectivity index (χ0) is 19.8. The molecule has 144 valence electrons. The summed E-state index contributed by atoms with van der Waals surface area (Å²) in [6.45, 7) is 2.10. The number of aromatic nitrogens is 4. The van der Waals surface area contributed by atoms with E-state index in [1.54, 1.807) is 25.1 Å². The van der Waals surface area contributed by atoms with E-state index in [-0.39, 0.29) is 0 Å². The molecule has 0 spiro atoms. The highest BCUT2D eigenvalue weighted by atomic mass is 32.2. The van der Waals surface area contributed by atoms with Crippen molar-refractivity contribution in [2.45, 2.75) is 17.8 Å². The van der Waals surface area contributed by atoms with E-state index in [4.69, 9.17) is 9.15 Å². The summed E-state index contributed by atoms with van der Waals surface area (Å²) in [5.74, 6) is 2.04. The lowest BCUT2D eigenvalue weighted by atomic mass is 10.1. The lowest BCUT2D eigenvalue weighted by Gasteiger charge is -2.06. The summed E-state index contributed by atoms with van der Waals surface area (Å²) in [5, 5.41) is 10.8. The Hall–Kier alpha value is -3.32. The number of aryl methyl sites for hydroxylation is 1. The Morgan fingerprint density at radius 2 is 1.90 bits per heavy atom. The molecule has 6 nitrogen and oxygen atoms in total. The number of thioether (sulfide) groups is 1.